The lowest BCUT2D eigenvalue weighted by Crippen LogP contribution is -2.14. The maximum Gasteiger partial charge on any atom is 0.306 e. The van der Waals surface area contributed by atoms with Gasteiger partial charge in [0.2, 0.25) is 5.91 Å². The molecule has 0 saturated heterocycles. The number of esters is 1. The van der Waals surface area contributed by atoms with E-state index in [0.717, 1.165) is 6.20 Å². The number of hydrogen-bond acceptors (Lipinski definition) is 6. The van der Waals surface area contributed by atoms with E-state index in [2.05, 4.69) is 15.0 Å². The van der Waals surface area contributed by atoms with Crippen LogP contribution in [0.2, 0.25) is 0 Å². The first-order valence-electron chi connectivity index (χ1n) is 5.00. The van der Waals surface area contributed by atoms with Crippen molar-refractivity contribution in [1.82, 2.24) is 4.98 Å². The number of nitro groups is 1. The average Bonchev–Trinajstić information content (AvgIpc) is 2.36. The molecule has 18 heavy (non-hydrogen) atoms. The van der Waals surface area contributed by atoms with Crippen LogP contribution in [0.1, 0.15) is 12.8 Å². The Morgan fingerprint density at radius 2 is 2.17 bits per heavy atom. The zero-order valence-corrected chi connectivity index (χ0v) is 9.58. The van der Waals surface area contributed by atoms with E-state index in [1.807, 2.05) is 0 Å². The van der Waals surface area contributed by atoms with Gasteiger partial charge in [-0.2, -0.15) is 0 Å². The molecule has 1 rings (SSSR count). The van der Waals surface area contributed by atoms with E-state index < -0.39 is 16.8 Å². The fourth-order valence-electron chi connectivity index (χ4n) is 1.09. The number of rotatable bonds is 5. The van der Waals surface area contributed by atoms with Gasteiger partial charge < -0.3 is 10.1 Å². The molecule has 0 aliphatic heterocycles. The number of amides is 1. The van der Waals surface area contributed by atoms with Crippen LogP contribution in [0, 0.1) is 10.1 Å². The highest BCUT2D eigenvalue weighted by Crippen LogP contribution is 2.12. The summed E-state index contributed by atoms with van der Waals surface area (Å²) in [7, 11) is 1.23. The Morgan fingerprint density at radius 3 is 2.67 bits per heavy atom. The SMILES string of the molecule is COC(=O)CCC(=O)Nc1ccc([N+](=O)[O-])cn1. The van der Waals surface area contributed by atoms with Gasteiger partial charge in [0, 0.05) is 12.5 Å². The second kappa shape index (κ2) is 6.28. The van der Waals surface area contributed by atoms with Crippen LogP contribution >= 0.6 is 0 Å². The van der Waals surface area contributed by atoms with Crippen molar-refractivity contribution in [3.63, 3.8) is 0 Å². The van der Waals surface area contributed by atoms with Crippen molar-refractivity contribution in [3.8, 4) is 0 Å². The third-order valence-electron chi connectivity index (χ3n) is 2.01. The summed E-state index contributed by atoms with van der Waals surface area (Å²) in [4.78, 5) is 35.6. The molecule has 0 aliphatic rings. The number of carbonyl (C=O) groups excluding carboxylic acids is 2. The molecule has 1 amide bonds. The third-order valence-corrected chi connectivity index (χ3v) is 2.01. The summed E-state index contributed by atoms with van der Waals surface area (Å²) in [6.07, 6.45) is 0.969. The summed E-state index contributed by atoms with van der Waals surface area (Å²) in [6, 6.07) is 2.54. The molecular weight excluding hydrogens is 242 g/mol. The van der Waals surface area contributed by atoms with Gasteiger partial charge in [-0.25, -0.2) is 4.98 Å². The highest BCUT2D eigenvalue weighted by Gasteiger charge is 2.09. The van der Waals surface area contributed by atoms with Crippen LogP contribution in [-0.4, -0.2) is 28.9 Å². The monoisotopic (exact) mass is 253 g/mol. The van der Waals surface area contributed by atoms with Gasteiger partial charge in [0.05, 0.1) is 18.5 Å². The minimum atomic E-state index is -0.587. The summed E-state index contributed by atoms with van der Waals surface area (Å²) < 4.78 is 4.38. The van der Waals surface area contributed by atoms with Gasteiger partial charge in [-0.1, -0.05) is 0 Å². The van der Waals surface area contributed by atoms with Crippen molar-refractivity contribution in [2.45, 2.75) is 12.8 Å². The average molecular weight is 253 g/mol. The minimum absolute atomic E-state index is 0.0324. The molecule has 1 heterocycles. The predicted octanol–water partition coefficient (Wildman–Crippen LogP) is 0.881. The zero-order valence-electron chi connectivity index (χ0n) is 9.58. The number of nitrogens with one attached hydrogen (secondary N) is 1. The van der Waals surface area contributed by atoms with Crippen molar-refractivity contribution in [2.24, 2.45) is 0 Å². The first kappa shape index (κ1) is 13.6. The van der Waals surface area contributed by atoms with Crippen LogP contribution in [-0.2, 0) is 14.3 Å². The minimum Gasteiger partial charge on any atom is -0.469 e. The number of anilines is 1. The molecule has 1 N–H and O–H groups in total. The summed E-state index contributed by atoms with van der Waals surface area (Å²) in [5.41, 5.74) is -0.164. The topological polar surface area (TPSA) is 111 Å². The van der Waals surface area contributed by atoms with Crippen LogP contribution in [0.25, 0.3) is 0 Å². The maximum absolute atomic E-state index is 11.4. The second-order valence-electron chi connectivity index (χ2n) is 3.28. The van der Waals surface area contributed by atoms with Crippen molar-refractivity contribution in [1.29, 1.82) is 0 Å². The lowest BCUT2D eigenvalue weighted by atomic mass is 10.3. The van der Waals surface area contributed by atoms with E-state index in [-0.39, 0.29) is 24.3 Å². The molecule has 8 nitrogen and oxygen atoms in total. The van der Waals surface area contributed by atoms with Gasteiger partial charge in [0.15, 0.2) is 0 Å². The van der Waals surface area contributed by atoms with Crippen LogP contribution < -0.4 is 5.32 Å². The molecule has 0 aliphatic carbocycles. The first-order valence-corrected chi connectivity index (χ1v) is 5.00. The fourth-order valence-corrected chi connectivity index (χ4v) is 1.09. The van der Waals surface area contributed by atoms with Gasteiger partial charge in [0.1, 0.15) is 12.0 Å². The Labute approximate surface area is 102 Å². The number of aromatic nitrogens is 1. The molecule has 0 aromatic carbocycles. The van der Waals surface area contributed by atoms with E-state index in [1.165, 1.54) is 19.2 Å². The van der Waals surface area contributed by atoms with Gasteiger partial charge >= 0.3 is 5.97 Å². The summed E-state index contributed by atoms with van der Waals surface area (Å²) in [6.45, 7) is 0. The largest absolute Gasteiger partial charge is 0.469 e. The second-order valence-corrected chi connectivity index (χ2v) is 3.28. The number of carbonyl (C=O) groups is 2. The summed E-state index contributed by atoms with van der Waals surface area (Å²) in [5.74, 6) is -0.709. The van der Waals surface area contributed by atoms with Gasteiger partial charge in [0.25, 0.3) is 5.69 Å². The smallest absolute Gasteiger partial charge is 0.306 e. The first-order chi connectivity index (χ1) is 8.52. The van der Waals surface area contributed by atoms with Crippen LogP contribution in [0.5, 0.6) is 0 Å². The summed E-state index contributed by atoms with van der Waals surface area (Å²) >= 11 is 0. The molecule has 8 heteroatoms. The van der Waals surface area contributed by atoms with Gasteiger partial charge in [-0.3, -0.25) is 19.7 Å². The lowest BCUT2D eigenvalue weighted by molar-refractivity contribution is -0.385. The van der Waals surface area contributed by atoms with Crippen molar-refractivity contribution < 1.29 is 19.2 Å². The van der Waals surface area contributed by atoms with E-state index in [9.17, 15) is 19.7 Å². The number of ether oxygens (including phenoxy) is 1. The summed E-state index contributed by atoms with van der Waals surface area (Å²) in [5, 5.41) is 12.8. The van der Waals surface area contributed by atoms with Gasteiger partial charge in [-0.05, 0) is 6.07 Å². The third kappa shape index (κ3) is 4.16. The molecule has 1 aromatic rings. The molecule has 96 valence electrons. The Kier molecular flexibility index (Phi) is 4.73. The highest BCUT2D eigenvalue weighted by molar-refractivity contribution is 5.91. The van der Waals surface area contributed by atoms with Gasteiger partial charge in [-0.15, -0.1) is 0 Å². The van der Waals surface area contributed by atoms with Crippen molar-refractivity contribution >= 4 is 23.4 Å². The molecule has 0 unspecified atom stereocenters. The standard InChI is InChI=1S/C10H11N3O5/c1-18-10(15)5-4-9(14)12-8-3-2-7(6-11-8)13(16)17/h2-3,6H,4-5H2,1H3,(H,11,12,14). The number of pyridine rings is 1. The molecule has 0 saturated carbocycles. The Balaban J connectivity index is 2.49. The molecular formula is C10H11N3O5. The molecule has 0 spiro atoms. The lowest BCUT2D eigenvalue weighted by Gasteiger charge is -2.03. The Morgan fingerprint density at radius 1 is 1.44 bits per heavy atom. The van der Waals surface area contributed by atoms with E-state index in [0.29, 0.717) is 0 Å². The number of nitrogens with zero attached hydrogens (tertiary/aromatic N) is 2. The predicted molar refractivity (Wildman–Crippen MR) is 60.8 cm³/mol. The van der Waals surface area contributed by atoms with Crippen molar-refractivity contribution in [2.75, 3.05) is 12.4 Å². The Hall–Kier alpha value is -2.51. The van der Waals surface area contributed by atoms with Crippen LogP contribution in [0.15, 0.2) is 18.3 Å². The molecule has 1 aromatic heterocycles. The normalized spacial score (nSPS) is 9.61. The Bertz CT molecular complexity index is 457. The molecule has 0 fully saturated rings. The number of hydrogen-bond donors (Lipinski definition) is 1. The van der Waals surface area contributed by atoms with Crippen LogP contribution in [0.4, 0.5) is 11.5 Å². The van der Waals surface area contributed by atoms with Crippen LogP contribution in [0.3, 0.4) is 0 Å². The van der Waals surface area contributed by atoms with E-state index >= 15 is 0 Å². The fraction of sp³-hybridized carbons (Fsp3) is 0.300. The molecule has 0 bridgehead atoms. The highest BCUT2D eigenvalue weighted by atomic mass is 16.6. The van der Waals surface area contributed by atoms with E-state index in [1.54, 1.807) is 0 Å². The van der Waals surface area contributed by atoms with Crippen molar-refractivity contribution in [3.05, 3.63) is 28.4 Å². The quantitative estimate of drug-likeness (QED) is 0.473. The molecule has 0 radical (unpaired) electrons. The van der Waals surface area contributed by atoms with E-state index in [4.69, 9.17) is 0 Å². The number of methoxy groups -OCH3 is 1. The maximum atomic E-state index is 11.4. The zero-order chi connectivity index (χ0) is 13.5. The molecule has 0 atom stereocenters.